The van der Waals surface area contributed by atoms with Crippen molar-refractivity contribution in [3.63, 3.8) is 0 Å². The van der Waals surface area contributed by atoms with Crippen molar-refractivity contribution in [3.8, 4) is 0 Å². The van der Waals surface area contributed by atoms with Gasteiger partial charge in [-0.05, 0) is 43.6 Å². The number of benzene rings is 1. The molecule has 1 fully saturated rings. The molecule has 0 saturated carbocycles. The highest BCUT2D eigenvalue weighted by Gasteiger charge is 2.39. The average molecular weight is 474 g/mol. The summed E-state index contributed by atoms with van der Waals surface area (Å²) in [6.45, 7) is 9.61. The Labute approximate surface area is 202 Å². The largest absolute Gasteiger partial charge is 0.459 e. The molecule has 1 unspecified atom stereocenters. The normalized spacial score (nSPS) is 18.5. The van der Waals surface area contributed by atoms with Gasteiger partial charge in [0.25, 0.3) is 0 Å². The van der Waals surface area contributed by atoms with Gasteiger partial charge in [0.1, 0.15) is 18.7 Å². The summed E-state index contributed by atoms with van der Waals surface area (Å²) >= 11 is 0. The number of ketones is 1. The molecule has 188 valence electrons. The van der Waals surface area contributed by atoms with Crippen LogP contribution in [0.1, 0.15) is 59.4 Å². The first-order valence-electron chi connectivity index (χ1n) is 12.1. The summed E-state index contributed by atoms with van der Waals surface area (Å²) in [4.78, 5) is 53.1. The van der Waals surface area contributed by atoms with Crippen molar-refractivity contribution in [2.45, 2.75) is 78.6 Å². The molecule has 1 saturated heterocycles. The van der Waals surface area contributed by atoms with E-state index in [1.807, 2.05) is 58.0 Å². The van der Waals surface area contributed by atoms with E-state index >= 15 is 0 Å². The van der Waals surface area contributed by atoms with Gasteiger partial charge in [0.15, 0.2) is 5.78 Å². The quantitative estimate of drug-likeness (QED) is 0.376. The summed E-state index contributed by atoms with van der Waals surface area (Å²) in [6, 6.07) is 7.09. The molecule has 0 radical (unpaired) electrons. The summed E-state index contributed by atoms with van der Waals surface area (Å²) in [5.41, 5.74) is 6.81. The number of esters is 1. The number of hydrogen-bond donors (Lipinski definition) is 2. The van der Waals surface area contributed by atoms with Crippen molar-refractivity contribution in [2.75, 3.05) is 6.54 Å². The van der Waals surface area contributed by atoms with E-state index in [1.165, 1.54) is 11.8 Å². The van der Waals surface area contributed by atoms with Gasteiger partial charge in [0.05, 0.1) is 12.0 Å². The highest BCUT2D eigenvalue weighted by atomic mass is 16.5. The van der Waals surface area contributed by atoms with Crippen LogP contribution in [-0.2, 0) is 30.5 Å². The number of nitrogens with one attached hydrogen (secondary N) is 1. The molecule has 1 aromatic carbocycles. The highest BCUT2D eigenvalue weighted by Crippen LogP contribution is 2.22. The van der Waals surface area contributed by atoms with Crippen molar-refractivity contribution in [2.24, 2.45) is 23.5 Å². The minimum atomic E-state index is -0.968. The van der Waals surface area contributed by atoms with Crippen molar-refractivity contribution < 1.29 is 23.9 Å². The summed E-state index contributed by atoms with van der Waals surface area (Å²) in [5, 5.41) is 2.76. The van der Waals surface area contributed by atoms with E-state index < -0.39 is 35.9 Å². The van der Waals surface area contributed by atoms with Gasteiger partial charge in [-0.2, -0.15) is 0 Å². The van der Waals surface area contributed by atoms with Crippen LogP contribution < -0.4 is 11.1 Å². The zero-order chi connectivity index (χ0) is 25.4. The highest BCUT2D eigenvalue weighted by molar-refractivity contribution is 6.04. The Bertz CT molecular complexity index is 855. The van der Waals surface area contributed by atoms with Gasteiger partial charge in [-0.1, -0.05) is 58.0 Å². The molecular weight excluding hydrogens is 434 g/mol. The monoisotopic (exact) mass is 473 g/mol. The second-order valence-corrected chi connectivity index (χ2v) is 9.87. The molecule has 1 heterocycles. The Morgan fingerprint density at radius 3 is 2.32 bits per heavy atom. The second kappa shape index (κ2) is 12.6. The van der Waals surface area contributed by atoms with E-state index in [9.17, 15) is 19.2 Å². The van der Waals surface area contributed by atoms with Gasteiger partial charge in [0, 0.05) is 6.54 Å². The molecule has 1 aromatic rings. The van der Waals surface area contributed by atoms with Crippen molar-refractivity contribution >= 4 is 23.6 Å². The second-order valence-electron chi connectivity index (χ2n) is 9.87. The first kappa shape index (κ1) is 27.5. The van der Waals surface area contributed by atoms with Crippen molar-refractivity contribution in [1.82, 2.24) is 10.2 Å². The fraction of sp³-hybridized carbons (Fsp3) is 0.615. The molecule has 34 heavy (non-hydrogen) atoms. The maximum atomic E-state index is 13.4. The molecule has 1 aliphatic heterocycles. The van der Waals surface area contributed by atoms with Gasteiger partial charge in [0.2, 0.25) is 11.8 Å². The molecule has 4 atom stereocenters. The van der Waals surface area contributed by atoms with E-state index in [0.29, 0.717) is 25.8 Å². The van der Waals surface area contributed by atoms with Crippen molar-refractivity contribution in [3.05, 3.63) is 35.9 Å². The third kappa shape index (κ3) is 7.38. The van der Waals surface area contributed by atoms with E-state index in [2.05, 4.69) is 5.32 Å². The van der Waals surface area contributed by atoms with Crippen LogP contribution in [0.4, 0.5) is 0 Å². The number of Topliss-reactive ketones (excluding diaryl/α,β-unsaturated/α-hetero) is 1. The molecule has 8 heteroatoms. The average Bonchev–Trinajstić information content (AvgIpc) is 3.30. The Morgan fingerprint density at radius 1 is 1.09 bits per heavy atom. The zero-order valence-electron chi connectivity index (χ0n) is 21.0. The zero-order valence-corrected chi connectivity index (χ0v) is 21.0. The molecule has 0 aliphatic carbocycles. The molecular formula is C26H39N3O5. The van der Waals surface area contributed by atoms with E-state index in [-0.39, 0.29) is 30.1 Å². The Balaban J connectivity index is 2.08. The van der Waals surface area contributed by atoms with E-state index in [0.717, 1.165) is 5.56 Å². The maximum Gasteiger partial charge on any atom is 0.329 e. The molecule has 3 N–H and O–H groups in total. The Hall–Kier alpha value is -2.74. The Morgan fingerprint density at radius 2 is 1.74 bits per heavy atom. The number of amides is 2. The molecule has 0 spiro atoms. The molecule has 2 amide bonds. The SMILES string of the molecule is CC(C)C[C@H](NC(=O)C(C)C(=O)[C@@H](N)C(C)C)C(=O)N1CCC[C@H]1C(=O)OCc1ccccc1. The first-order chi connectivity index (χ1) is 16.0. The summed E-state index contributed by atoms with van der Waals surface area (Å²) in [6.07, 6.45) is 1.58. The van der Waals surface area contributed by atoms with Crippen LogP contribution in [-0.4, -0.2) is 53.1 Å². The number of carbonyl (C=O) groups excluding carboxylic acids is 4. The minimum absolute atomic E-state index is 0.0944. The molecule has 8 nitrogen and oxygen atoms in total. The summed E-state index contributed by atoms with van der Waals surface area (Å²) in [7, 11) is 0. The van der Waals surface area contributed by atoms with Gasteiger partial charge < -0.3 is 20.7 Å². The number of ether oxygens (including phenoxy) is 1. The van der Waals surface area contributed by atoms with Crippen molar-refractivity contribution in [1.29, 1.82) is 0 Å². The number of likely N-dealkylation sites (tertiary alicyclic amines) is 1. The fourth-order valence-corrected chi connectivity index (χ4v) is 4.04. The standard InChI is InChI=1S/C26H39N3O5/c1-16(2)14-20(28-24(31)18(5)23(30)22(27)17(3)4)25(32)29-13-9-12-21(29)26(33)34-15-19-10-7-6-8-11-19/h6-8,10-11,16-18,20-22H,9,12-15,27H2,1-5H3,(H,28,31)/t18?,20-,21-,22-/m0/s1. The summed E-state index contributed by atoms with van der Waals surface area (Å²) in [5.74, 6) is -2.60. The lowest BCUT2D eigenvalue weighted by Crippen LogP contribution is -2.54. The smallest absolute Gasteiger partial charge is 0.329 e. The van der Waals surface area contributed by atoms with E-state index in [1.54, 1.807) is 0 Å². The predicted molar refractivity (Wildman–Crippen MR) is 129 cm³/mol. The number of rotatable bonds is 11. The number of nitrogens with zero attached hydrogens (tertiary/aromatic N) is 1. The van der Waals surface area contributed by atoms with Gasteiger partial charge >= 0.3 is 5.97 Å². The van der Waals surface area contributed by atoms with Crippen LogP contribution in [0.15, 0.2) is 30.3 Å². The predicted octanol–water partition coefficient (Wildman–Crippen LogP) is 2.44. The molecule has 0 bridgehead atoms. The Kier molecular flexibility index (Phi) is 10.2. The van der Waals surface area contributed by atoms with Crippen LogP contribution in [0.25, 0.3) is 0 Å². The third-order valence-corrected chi connectivity index (χ3v) is 6.22. The lowest BCUT2D eigenvalue weighted by Gasteiger charge is -2.30. The molecule has 2 rings (SSSR count). The van der Waals surface area contributed by atoms with Crippen LogP contribution in [0.5, 0.6) is 0 Å². The topological polar surface area (TPSA) is 119 Å². The third-order valence-electron chi connectivity index (χ3n) is 6.22. The molecule has 1 aliphatic rings. The van der Waals surface area contributed by atoms with Crippen LogP contribution >= 0.6 is 0 Å². The van der Waals surface area contributed by atoms with Crippen LogP contribution in [0.3, 0.4) is 0 Å². The van der Waals surface area contributed by atoms with Gasteiger partial charge in [-0.15, -0.1) is 0 Å². The fourth-order valence-electron chi connectivity index (χ4n) is 4.04. The van der Waals surface area contributed by atoms with Gasteiger partial charge in [-0.3, -0.25) is 14.4 Å². The number of carbonyl (C=O) groups is 4. The van der Waals surface area contributed by atoms with Crippen LogP contribution in [0.2, 0.25) is 0 Å². The van der Waals surface area contributed by atoms with Gasteiger partial charge in [-0.25, -0.2) is 4.79 Å². The number of hydrogen-bond acceptors (Lipinski definition) is 6. The lowest BCUT2D eigenvalue weighted by molar-refractivity contribution is -0.155. The van der Waals surface area contributed by atoms with Crippen LogP contribution in [0, 0.1) is 17.8 Å². The van der Waals surface area contributed by atoms with E-state index in [4.69, 9.17) is 10.5 Å². The first-order valence-corrected chi connectivity index (χ1v) is 12.1. The summed E-state index contributed by atoms with van der Waals surface area (Å²) < 4.78 is 5.47. The minimum Gasteiger partial charge on any atom is -0.459 e. The number of nitrogens with two attached hydrogens (primary N) is 1. The lowest BCUT2D eigenvalue weighted by atomic mass is 9.91. The molecule has 0 aromatic heterocycles. The maximum absolute atomic E-state index is 13.4.